The van der Waals surface area contributed by atoms with Crippen LogP contribution < -0.4 is 24.2 Å². The molecule has 32 heavy (non-hydrogen) atoms. The molecular formula is C22H20ClF3LiN3O2. The maximum absolute atomic E-state index is 13.0. The molecule has 0 saturated carbocycles. The minimum atomic E-state index is -4.67. The van der Waals surface area contributed by atoms with Crippen molar-refractivity contribution in [2.75, 3.05) is 31.6 Å². The summed E-state index contributed by atoms with van der Waals surface area (Å²) in [5.74, 6) is -0.0423. The number of hydrogen-bond donors (Lipinski definition) is 2. The number of likely N-dealkylation sites (tertiary alicyclic amines) is 1. The van der Waals surface area contributed by atoms with Crippen molar-refractivity contribution in [3.8, 4) is 0 Å². The number of hydrogen-bond acceptors (Lipinski definition) is 4. The molecule has 1 aromatic carbocycles. The van der Waals surface area contributed by atoms with Gasteiger partial charge in [0.25, 0.3) is 0 Å². The third kappa shape index (κ3) is 4.55. The van der Waals surface area contributed by atoms with E-state index < -0.39 is 22.9 Å². The van der Waals surface area contributed by atoms with Gasteiger partial charge in [-0.05, 0) is 61.5 Å². The first-order chi connectivity index (χ1) is 14.6. The van der Waals surface area contributed by atoms with Crippen LogP contribution in [0.1, 0.15) is 18.4 Å². The van der Waals surface area contributed by atoms with Gasteiger partial charge in [0, 0.05) is 22.8 Å². The summed E-state index contributed by atoms with van der Waals surface area (Å²) >= 11 is 6.13. The van der Waals surface area contributed by atoms with Gasteiger partial charge in [0.1, 0.15) is 0 Å². The van der Waals surface area contributed by atoms with Gasteiger partial charge in [-0.2, -0.15) is 18.7 Å². The number of rotatable bonds is 4. The van der Waals surface area contributed by atoms with Crippen LogP contribution in [0, 0.1) is 12.0 Å². The third-order valence-electron chi connectivity index (χ3n) is 6.01. The molecule has 0 unspecified atom stereocenters. The number of benzene rings is 1. The van der Waals surface area contributed by atoms with Crippen LogP contribution in [0.5, 0.6) is 0 Å². The van der Waals surface area contributed by atoms with Crippen LogP contribution in [0.2, 0.25) is 5.02 Å². The molecule has 1 aliphatic carbocycles. The zero-order chi connectivity index (χ0) is 22.4. The molecule has 1 saturated heterocycles. The largest absolute Gasteiger partial charge is 1.00 e. The van der Waals surface area contributed by atoms with Crippen LogP contribution in [0.4, 0.5) is 18.9 Å². The summed E-state index contributed by atoms with van der Waals surface area (Å²) in [5, 5.41) is 11.0. The quantitative estimate of drug-likeness (QED) is 0.531. The second kappa shape index (κ2) is 9.10. The first-order valence-corrected chi connectivity index (χ1v) is 10.2. The van der Waals surface area contributed by atoms with E-state index in [9.17, 15) is 18.0 Å². The molecular weight excluding hydrogens is 438 g/mol. The Balaban J connectivity index is 0.00000289. The number of amides is 1. The fourth-order valence-corrected chi connectivity index (χ4v) is 4.45. The van der Waals surface area contributed by atoms with E-state index in [1.54, 1.807) is 6.07 Å². The van der Waals surface area contributed by atoms with Crippen LogP contribution in [-0.2, 0) is 14.9 Å². The number of carbonyl (C=O) groups is 1. The van der Waals surface area contributed by atoms with E-state index in [1.807, 2.05) is 12.1 Å². The van der Waals surface area contributed by atoms with Crippen molar-refractivity contribution in [2.45, 2.75) is 24.4 Å². The standard InChI is InChI=1S/C22H20ClF3N3O2.Li/c1-13-10-15(12-17(19(13)27)22(24,25)26)31-9-8-29-6-4-21(5-7-29)16-11-14(23)2-3-18(16)28-20(21)30;/h1-3,10-12,27H,4-9H2,(H,28,30);/q-1;+1. The monoisotopic (exact) mass is 457 g/mol. The van der Waals surface area contributed by atoms with Gasteiger partial charge < -0.3 is 15.5 Å². The number of piperidine rings is 1. The zero-order valence-corrected chi connectivity index (χ0v) is 18.2. The van der Waals surface area contributed by atoms with E-state index in [0.717, 1.165) is 17.3 Å². The number of nitrogens with one attached hydrogen (secondary N) is 2. The third-order valence-corrected chi connectivity index (χ3v) is 6.25. The summed E-state index contributed by atoms with van der Waals surface area (Å²) in [4.78, 5) is 14.8. The maximum atomic E-state index is 13.0. The number of alkyl halides is 3. The molecule has 0 atom stereocenters. The second-order valence-electron chi connectivity index (χ2n) is 7.85. The van der Waals surface area contributed by atoms with E-state index in [4.69, 9.17) is 28.3 Å². The molecule has 1 aromatic rings. The molecule has 0 bridgehead atoms. The number of ether oxygens (including phenoxy) is 1. The van der Waals surface area contributed by atoms with Crippen LogP contribution >= 0.6 is 11.6 Å². The second-order valence-corrected chi connectivity index (χ2v) is 8.29. The van der Waals surface area contributed by atoms with Gasteiger partial charge in [-0.25, -0.2) is 6.58 Å². The summed E-state index contributed by atoms with van der Waals surface area (Å²) in [5.41, 5.74) is -1.04. The molecule has 0 aromatic heterocycles. The van der Waals surface area contributed by atoms with Crippen LogP contribution in [0.15, 0.2) is 47.3 Å². The van der Waals surface area contributed by atoms with Crippen LogP contribution in [0.25, 0.3) is 0 Å². The number of halogens is 4. The molecule has 0 radical (unpaired) electrons. The molecule has 1 fully saturated rings. The number of carbonyl (C=O) groups excluding carboxylic acids is 1. The Morgan fingerprint density at radius 3 is 2.59 bits per heavy atom. The van der Waals surface area contributed by atoms with Gasteiger partial charge in [-0.15, -0.1) is 6.08 Å². The average Bonchev–Trinajstić information content (AvgIpc) is 2.96. The van der Waals surface area contributed by atoms with Crippen molar-refractivity contribution < 1.29 is 41.6 Å². The predicted octanol–water partition coefficient (Wildman–Crippen LogP) is 1.41. The van der Waals surface area contributed by atoms with Crippen molar-refractivity contribution in [1.82, 2.24) is 4.90 Å². The maximum Gasteiger partial charge on any atom is 1.00 e. The summed E-state index contributed by atoms with van der Waals surface area (Å²) in [6.45, 7) is 7.48. The van der Waals surface area contributed by atoms with Crippen LogP contribution in [-0.4, -0.2) is 48.9 Å². The zero-order valence-electron chi connectivity index (χ0n) is 17.5. The first-order valence-electron chi connectivity index (χ1n) is 9.79. The Bertz CT molecular complexity index is 1030. The Kier molecular flexibility index (Phi) is 7.02. The van der Waals surface area contributed by atoms with Crippen molar-refractivity contribution in [1.29, 1.82) is 5.41 Å². The molecule has 164 valence electrons. The molecule has 10 heteroatoms. The van der Waals surface area contributed by atoms with Gasteiger partial charge in [-0.1, -0.05) is 11.6 Å². The van der Waals surface area contributed by atoms with E-state index in [-0.39, 0.29) is 42.7 Å². The van der Waals surface area contributed by atoms with Crippen molar-refractivity contribution in [3.63, 3.8) is 0 Å². The molecule has 2 N–H and O–H groups in total. The molecule has 5 nitrogen and oxygen atoms in total. The predicted molar refractivity (Wildman–Crippen MR) is 111 cm³/mol. The molecule has 2 heterocycles. The van der Waals surface area contributed by atoms with E-state index in [0.29, 0.717) is 37.5 Å². The van der Waals surface area contributed by atoms with Gasteiger partial charge >= 0.3 is 25.0 Å². The van der Waals surface area contributed by atoms with Crippen LogP contribution in [0.3, 0.4) is 0 Å². The molecule has 1 spiro atoms. The number of nitrogens with zero attached hydrogens (tertiary/aromatic N) is 1. The molecule has 3 aliphatic rings. The Hall–Kier alpha value is -1.98. The van der Waals surface area contributed by atoms with Crippen molar-refractivity contribution >= 4 is 28.9 Å². The van der Waals surface area contributed by atoms with Gasteiger partial charge in [0.2, 0.25) is 5.91 Å². The Labute approximate surface area is 201 Å². The molecule has 4 rings (SSSR count). The summed E-state index contributed by atoms with van der Waals surface area (Å²) in [7, 11) is 0. The number of allylic oxidation sites excluding steroid dienone is 4. The van der Waals surface area contributed by atoms with Crippen molar-refractivity contribution in [2.24, 2.45) is 0 Å². The van der Waals surface area contributed by atoms with Gasteiger partial charge in [-0.3, -0.25) is 9.69 Å². The Morgan fingerprint density at radius 1 is 1.25 bits per heavy atom. The summed E-state index contributed by atoms with van der Waals surface area (Å²) in [6, 6.07) is 5.40. The number of fused-ring (bicyclic) bond motifs is 2. The van der Waals surface area contributed by atoms with Crippen molar-refractivity contribution in [3.05, 3.63) is 64.4 Å². The van der Waals surface area contributed by atoms with E-state index in [2.05, 4.69) is 10.2 Å². The normalized spacial score (nSPS) is 20.3. The smallest absolute Gasteiger partial charge is 0.505 e. The first kappa shape index (κ1) is 24.7. The SMILES string of the molecule is [CH-]=C1C=C(OCCN2CCC3(CC2)C(=O)Nc2ccc(Cl)cc23)C=C(C(F)(F)F)C1=N.[Li+]. The minimum Gasteiger partial charge on any atom is -0.505 e. The molecule has 2 aliphatic heterocycles. The molecule has 1 amide bonds. The van der Waals surface area contributed by atoms with E-state index >= 15 is 0 Å². The summed E-state index contributed by atoms with van der Waals surface area (Å²) in [6.07, 6.45) is -1.41. The Morgan fingerprint density at radius 2 is 1.94 bits per heavy atom. The topological polar surface area (TPSA) is 65.4 Å². The van der Waals surface area contributed by atoms with Gasteiger partial charge in [0.15, 0.2) is 0 Å². The fraction of sp³-hybridized carbons (Fsp3) is 0.364. The number of anilines is 1. The summed E-state index contributed by atoms with van der Waals surface area (Å²) < 4.78 is 44.6. The fourth-order valence-electron chi connectivity index (χ4n) is 4.28. The van der Waals surface area contributed by atoms with Gasteiger partial charge in [0.05, 0.1) is 17.8 Å². The van der Waals surface area contributed by atoms with E-state index in [1.165, 1.54) is 6.08 Å². The minimum absolute atomic E-state index is 0. The average molecular weight is 458 g/mol.